The number of methoxy groups -OCH3 is 1. The van der Waals surface area contributed by atoms with E-state index in [1.807, 2.05) is 18.3 Å². The Kier molecular flexibility index (Phi) is 5.02. The molecule has 30 heavy (non-hydrogen) atoms. The summed E-state index contributed by atoms with van der Waals surface area (Å²) in [5, 5.41) is 0. The number of hydrogen-bond acceptors (Lipinski definition) is 6. The second kappa shape index (κ2) is 7.97. The number of halogens is 1. The van der Waals surface area contributed by atoms with Crippen LogP contribution >= 0.6 is 0 Å². The van der Waals surface area contributed by atoms with E-state index in [0.29, 0.717) is 29.2 Å². The highest BCUT2D eigenvalue weighted by Gasteiger charge is 2.42. The molecule has 0 N–H and O–H groups in total. The van der Waals surface area contributed by atoms with Crippen molar-refractivity contribution in [1.82, 2.24) is 19.9 Å². The van der Waals surface area contributed by atoms with Gasteiger partial charge in [-0.25, -0.2) is 24.3 Å². The molecule has 2 aromatic heterocycles. The van der Waals surface area contributed by atoms with Crippen molar-refractivity contribution in [3.8, 4) is 17.4 Å². The fraction of sp³-hybridized carbons (Fsp3) is 0.391. The fourth-order valence-electron chi connectivity index (χ4n) is 4.34. The van der Waals surface area contributed by atoms with Crippen molar-refractivity contribution < 1.29 is 9.13 Å². The second-order valence-electron chi connectivity index (χ2n) is 7.94. The van der Waals surface area contributed by atoms with Gasteiger partial charge in [0.05, 0.1) is 7.11 Å². The molecule has 0 radical (unpaired) electrons. The molecule has 3 aromatic rings. The zero-order valence-electron chi connectivity index (χ0n) is 17.0. The number of rotatable bonds is 5. The molecule has 2 aliphatic rings. The van der Waals surface area contributed by atoms with E-state index < -0.39 is 0 Å². The molecule has 154 valence electrons. The minimum absolute atomic E-state index is 0.294. The Morgan fingerprint density at radius 1 is 1.00 bits per heavy atom. The van der Waals surface area contributed by atoms with Gasteiger partial charge in [-0.05, 0) is 61.3 Å². The minimum Gasteiger partial charge on any atom is -0.494 e. The van der Waals surface area contributed by atoms with Crippen LogP contribution in [-0.2, 0) is 0 Å². The predicted octanol–water partition coefficient (Wildman–Crippen LogP) is 4.34. The molecule has 1 saturated carbocycles. The van der Waals surface area contributed by atoms with E-state index in [1.165, 1.54) is 32.4 Å². The average Bonchev–Trinajstić information content (AvgIpc) is 3.61. The number of anilines is 1. The van der Waals surface area contributed by atoms with Crippen LogP contribution in [0.5, 0.6) is 5.75 Å². The summed E-state index contributed by atoms with van der Waals surface area (Å²) in [5.74, 6) is 2.70. The van der Waals surface area contributed by atoms with Gasteiger partial charge in [-0.1, -0.05) is 6.07 Å². The number of hydrogen-bond donors (Lipinski definition) is 0. The lowest BCUT2D eigenvalue weighted by atomic mass is 10.0. The molecular formula is C23H24FN5O. The second-order valence-corrected chi connectivity index (χ2v) is 7.94. The Balaban J connectivity index is 1.49. The minimum atomic E-state index is -0.331. The lowest BCUT2D eigenvalue weighted by Gasteiger charge is -2.29. The highest BCUT2D eigenvalue weighted by Crippen LogP contribution is 2.56. The summed E-state index contributed by atoms with van der Waals surface area (Å²) in [7, 11) is 1.50. The van der Waals surface area contributed by atoms with E-state index in [1.54, 1.807) is 18.5 Å². The summed E-state index contributed by atoms with van der Waals surface area (Å²) >= 11 is 0. The molecule has 1 aliphatic heterocycles. The van der Waals surface area contributed by atoms with Gasteiger partial charge in [0.25, 0.3) is 0 Å². The highest BCUT2D eigenvalue weighted by atomic mass is 19.1. The summed E-state index contributed by atoms with van der Waals surface area (Å²) in [6.07, 6.45) is 9.95. The summed E-state index contributed by atoms with van der Waals surface area (Å²) in [6.45, 7) is 2.00. The number of aromatic nitrogens is 4. The van der Waals surface area contributed by atoms with Gasteiger partial charge in [-0.15, -0.1) is 0 Å². The number of piperidine rings is 1. The van der Waals surface area contributed by atoms with Crippen molar-refractivity contribution in [3.05, 3.63) is 59.8 Å². The molecular weight excluding hydrogens is 381 g/mol. The molecule has 1 aromatic carbocycles. The normalized spacial score (nSPS) is 20.8. The lowest BCUT2D eigenvalue weighted by Crippen LogP contribution is -2.31. The van der Waals surface area contributed by atoms with Crippen molar-refractivity contribution in [2.75, 3.05) is 25.1 Å². The number of benzene rings is 1. The van der Waals surface area contributed by atoms with Crippen molar-refractivity contribution in [2.24, 2.45) is 0 Å². The topological polar surface area (TPSA) is 64.0 Å². The fourth-order valence-corrected chi connectivity index (χ4v) is 4.34. The summed E-state index contributed by atoms with van der Waals surface area (Å²) in [6, 6.07) is 6.94. The van der Waals surface area contributed by atoms with E-state index in [2.05, 4.69) is 19.9 Å². The molecule has 0 amide bonds. The maximum absolute atomic E-state index is 13.8. The van der Waals surface area contributed by atoms with Crippen LogP contribution in [0.4, 0.5) is 10.2 Å². The number of nitrogens with zero attached hydrogens (tertiary/aromatic N) is 5. The monoisotopic (exact) mass is 405 g/mol. The maximum Gasteiger partial charge on any atom is 0.199 e. The van der Waals surface area contributed by atoms with Gasteiger partial charge < -0.3 is 9.64 Å². The molecule has 5 rings (SSSR count). The average molecular weight is 405 g/mol. The van der Waals surface area contributed by atoms with Gasteiger partial charge in [0.1, 0.15) is 5.82 Å². The van der Waals surface area contributed by atoms with Crippen LogP contribution in [0, 0.1) is 5.82 Å². The number of ether oxygens (including phenoxy) is 1. The Morgan fingerprint density at radius 3 is 2.57 bits per heavy atom. The van der Waals surface area contributed by atoms with Gasteiger partial charge >= 0.3 is 0 Å². The standard InChI is InChI=1S/C23H24FN5O/c1-30-20-12-15(6-7-19(20)24)16-13-17(16)18-14-27-22(21-25-8-5-9-26-21)28-23(18)29-10-3-2-4-11-29/h5-9,12,14,16-17H,2-4,10-11,13H2,1H3/t16-,17+/m0/s1. The van der Waals surface area contributed by atoms with Crippen molar-refractivity contribution in [2.45, 2.75) is 37.5 Å². The molecule has 1 saturated heterocycles. The van der Waals surface area contributed by atoms with Gasteiger partial charge in [0, 0.05) is 37.2 Å². The molecule has 3 heterocycles. The summed E-state index contributed by atoms with van der Waals surface area (Å²) in [4.78, 5) is 20.5. The van der Waals surface area contributed by atoms with Gasteiger partial charge in [-0.2, -0.15) is 0 Å². The van der Waals surface area contributed by atoms with Crippen LogP contribution in [0.2, 0.25) is 0 Å². The summed E-state index contributed by atoms with van der Waals surface area (Å²) in [5.41, 5.74) is 2.25. The van der Waals surface area contributed by atoms with Crippen LogP contribution in [-0.4, -0.2) is 40.1 Å². The molecule has 2 atom stereocenters. The first kappa shape index (κ1) is 18.9. The Bertz CT molecular complexity index is 1040. The maximum atomic E-state index is 13.8. The van der Waals surface area contributed by atoms with Gasteiger partial charge in [0.2, 0.25) is 0 Å². The van der Waals surface area contributed by atoms with Crippen molar-refractivity contribution in [3.63, 3.8) is 0 Å². The zero-order chi connectivity index (χ0) is 20.5. The lowest BCUT2D eigenvalue weighted by molar-refractivity contribution is 0.386. The first-order valence-electron chi connectivity index (χ1n) is 10.5. The largest absolute Gasteiger partial charge is 0.494 e. The van der Waals surface area contributed by atoms with Gasteiger partial charge in [-0.3, -0.25) is 0 Å². The SMILES string of the molecule is COc1cc([C@@H]2C[C@H]2c2cnc(-c3ncccn3)nc2N2CCCCC2)ccc1F. The molecule has 1 aliphatic carbocycles. The van der Waals surface area contributed by atoms with E-state index in [9.17, 15) is 4.39 Å². The van der Waals surface area contributed by atoms with Gasteiger partial charge in [0.15, 0.2) is 23.2 Å². The van der Waals surface area contributed by atoms with Crippen LogP contribution in [0.15, 0.2) is 42.9 Å². The first-order valence-corrected chi connectivity index (χ1v) is 10.5. The smallest absolute Gasteiger partial charge is 0.199 e. The van der Waals surface area contributed by atoms with E-state index in [0.717, 1.165) is 36.5 Å². The third kappa shape index (κ3) is 3.60. The molecule has 0 unspecified atom stereocenters. The third-order valence-corrected chi connectivity index (χ3v) is 6.01. The van der Waals surface area contributed by atoms with Crippen LogP contribution < -0.4 is 9.64 Å². The zero-order valence-corrected chi connectivity index (χ0v) is 17.0. The van der Waals surface area contributed by atoms with Crippen LogP contribution in [0.3, 0.4) is 0 Å². The van der Waals surface area contributed by atoms with E-state index in [-0.39, 0.29) is 5.82 Å². The van der Waals surface area contributed by atoms with E-state index in [4.69, 9.17) is 9.72 Å². The van der Waals surface area contributed by atoms with E-state index >= 15 is 0 Å². The molecule has 6 nitrogen and oxygen atoms in total. The molecule has 0 spiro atoms. The van der Waals surface area contributed by atoms with Crippen molar-refractivity contribution >= 4 is 5.82 Å². The predicted molar refractivity (Wildman–Crippen MR) is 112 cm³/mol. The van der Waals surface area contributed by atoms with Crippen LogP contribution in [0.1, 0.15) is 48.6 Å². The van der Waals surface area contributed by atoms with Crippen LogP contribution in [0.25, 0.3) is 11.6 Å². The third-order valence-electron chi connectivity index (χ3n) is 6.01. The Morgan fingerprint density at radius 2 is 1.80 bits per heavy atom. The highest BCUT2D eigenvalue weighted by molar-refractivity contribution is 5.57. The Labute approximate surface area is 175 Å². The quantitative estimate of drug-likeness (QED) is 0.629. The molecule has 0 bridgehead atoms. The molecule has 7 heteroatoms. The Hall–Kier alpha value is -3.09. The van der Waals surface area contributed by atoms with Crippen molar-refractivity contribution in [1.29, 1.82) is 0 Å². The first-order chi connectivity index (χ1) is 14.7. The molecule has 2 fully saturated rings. The summed E-state index contributed by atoms with van der Waals surface area (Å²) < 4.78 is 19.0.